The van der Waals surface area contributed by atoms with E-state index >= 15 is 0 Å². The van der Waals surface area contributed by atoms with Crippen LogP contribution < -0.4 is 0 Å². The summed E-state index contributed by atoms with van der Waals surface area (Å²) in [5.74, 6) is 1.43. The number of hydrogen-bond donors (Lipinski definition) is 1. The first-order valence-electron chi connectivity index (χ1n) is 9.86. The largest absolute Gasteiger partial charge is 0.393 e. The van der Waals surface area contributed by atoms with Crippen LogP contribution in [0, 0.1) is 23.2 Å². The Hall–Kier alpha value is -0.960. The molecule has 0 bridgehead atoms. The predicted molar refractivity (Wildman–Crippen MR) is 96.6 cm³/mol. The van der Waals surface area contributed by atoms with Crippen molar-refractivity contribution in [3.63, 3.8) is 0 Å². The summed E-state index contributed by atoms with van der Waals surface area (Å²) < 4.78 is 0. The van der Waals surface area contributed by atoms with Crippen molar-refractivity contribution in [3.8, 4) is 0 Å². The Morgan fingerprint density at radius 1 is 1.08 bits per heavy atom. The van der Waals surface area contributed by atoms with E-state index in [1.807, 2.05) is 19.9 Å². The third-order valence-corrected chi connectivity index (χ3v) is 6.68. The van der Waals surface area contributed by atoms with Gasteiger partial charge in [-0.2, -0.15) is 0 Å². The van der Waals surface area contributed by atoms with Gasteiger partial charge in [-0.05, 0) is 62.4 Å². The molecule has 5 unspecified atom stereocenters. The number of hydrogen-bond acceptors (Lipinski definition) is 3. The average molecular weight is 335 g/mol. The molecule has 0 amide bonds. The van der Waals surface area contributed by atoms with Crippen LogP contribution in [0.1, 0.15) is 79.1 Å². The topological polar surface area (TPSA) is 54.4 Å². The van der Waals surface area contributed by atoms with Crippen molar-refractivity contribution in [2.24, 2.45) is 23.2 Å². The molecule has 1 N–H and O–H groups in total. The van der Waals surface area contributed by atoms with Gasteiger partial charge in [-0.15, -0.1) is 0 Å². The number of fused-ring (bicyclic) bond motifs is 2. The number of aliphatic hydroxyl groups is 1. The van der Waals surface area contributed by atoms with Gasteiger partial charge in [0.15, 0.2) is 5.78 Å². The van der Waals surface area contributed by atoms with Gasteiger partial charge in [-0.1, -0.05) is 33.3 Å². The van der Waals surface area contributed by atoms with Crippen LogP contribution in [0.2, 0.25) is 0 Å². The maximum Gasteiger partial charge on any atom is 0.155 e. The number of carbonyl (C=O) groups excluding carboxylic acids is 2. The summed E-state index contributed by atoms with van der Waals surface area (Å²) in [6.07, 6.45) is 8.15. The summed E-state index contributed by atoms with van der Waals surface area (Å²) in [5, 5.41) is 10.8. The molecule has 0 saturated heterocycles. The Bertz CT molecular complexity index is 507. The highest BCUT2D eigenvalue weighted by Crippen LogP contribution is 2.49. The molecule has 3 nitrogen and oxygen atoms in total. The standard InChI is InChI=1S/C19H28O3.C2H6/c1-12-16-8-7-15(20)10-13(16)4-3-5-14-6-9-18(22)19(14,2)11-17(12)21;1-2/h10,12,14,16-17,21H,3-9,11H2,1-2H3;1-2H3. The van der Waals surface area contributed by atoms with E-state index in [0.29, 0.717) is 36.9 Å². The molecule has 5 atom stereocenters. The number of Topliss-reactive ketones (excluding diaryl/α,β-unsaturated/α-hetero) is 1. The smallest absolute Gasteiger partial charge is 0.155 e. The second kappa shape index (κ2) is 7.95. The van der Waals surface area contributed by atoms with Crippen LogP contribution in [0.5, 0.6) is 0 Å². The maximum atomic E-state index is 12.4. The third-order valence-electron chi connectivity index (χ3n) is 6.68. The summed E-state index contributed by atoms with van der Waals surface area (Å²) in [6, 6.07) is 0. The molecule has 2 saturated carbocycles. The highest BCUT2D eigenvalue weighted by molar-refractivity contribution is 5.91. The minimum Gasteiger partial charge on any atom is -0.393 e. The maximum absolute atomic E-state index is 12.4. The number of carbonyl (C=O) groups is 2. The first-order valence-corrected chi connectivity index (χ1v) is 9.86. The highest BCUT2D eigenvalue weighted by Gasteiger charge is 2.48. The Labute approximate surface area is 146 Å². The molecule has 136 valence electrons. The van der Waals surface area contributed by atoms with Gasteiger partial charge in [-0.25, -0.2) is 0 Å². The fourth-order valence-corrected chi connectivity index (χ4v) is 5.05. The molecule has 3 heteroatoms. The van der Waals surface area contributed by atoms with Crippen molar-refractivity contribution in [3.05, 3.63) is 11.6 Å². The molecule has 0 radical (unpaired) electrons. The zero-order valence-corrected chi connectivity index (χ0v) is 15.8. The van der Waals surface area contributed by atoms with E-state index in [4.69, 9.17) is 0 Å². The fraction of sp³-hybridized carbons (Fsp3) is 0.810. The monoisotopic (exact) mass is 334 g/mol. The van der Waals surface area contributed by atoms with Crippen LogP contribution in [-0.4, -0.2) is 22.8 Å². The molecule has 0 heterocycles. The molecular formula is C21H34O3. The average Bonchev–Trinajstić information content (AvgIpc) is 2.84. The Balaban J connectivity index is 0.00000100. The predicted octanol–water partition coefficient (Wildman–Crippen LogP) is 4.47. The summed E-state index contributed by atoms with van der Waals surface area (Å²) in [4.78, 5) is 24.2. The molecule has 0 aromatic rings. The van der Waals surface area contributed by atoms with Gasteiger partial charge in [0, 0.05) is 18.3 Å². The van der Waals surface area contributed by atoms with E-state index in [0.717, 1.165) is 32.1 Å². The lowest BCUT2D eigenvalue weighted by Gasteiger charge is -2.39. The van der Waals surface area contributed by atoms with E-state index in [1.54, 1.807) is 0 Å². The highest BCUT2D eigenvalue weighted by atomic mass is 16.3. The zero-order chi connectivity index (χ0) is 17.9. The molecule has 0 spiro atoms. The Morgan fingerprint density at radius 3 is 2.50 bits per heavy atom. The zero-order valence-electron chi connectivity index (χ0n) is 15.8. The Kier molecular flexibility index (Phi) is 6.41. The summed E-state index contributed by atoms with van der Waals surface area (Å²) in [6.45, 7) is 8.17. The minimum atomic E-state index is -0.450. The fourth-order valence-electron chi connectivity index (χ4n) is 5.05. The van der Waals surface area contributed by atoms with Gasteiger partial charge in [0.2, 0.25) is 0 Å². The first kappa shape index (κ1) is 19.4. The molecule has 3 rings (SSSR count). The van der Waals surface area contributed by atoms with E-state index in [2.05, 4.69) is 13.8 Å². The first-order chi connectivity index (χ1) is 11.4. The van der Waals surface area contributed by atoms with Crippen molar-refractivity contribution in [2.75, 3.05) is 0 Å². The minimum absolute atomic E-state index is 0.128. The second-order valence-corrected chi connectivity index (χ2v) is 7.93. The SMILES string of the molecule is CC.CC1C(O)CC2(C)C(=O)CCC2CCCC2=CC(=O)CCC21. The quantitative estimate of drug-likeness (QED) is 0.711. The molecule has 3 aliphatic carbocycles. The van der Waals surface area contributed by atoms with Crippen LogP contribution >= 0.6 is 0 Å². The van der Waals surface area contributed by atoms with Crippen molar-refractivity contribution < 1.29 is 14.7 Å². The van der Waals surface area contributed by atoms with Crippen molar-refractivity contribution >= 4 is 11.6 Å². The van der Waals surface area contributed by atoms with E-state index < -0.39 is 6.10 Å². The Morgan fingerprint density at radius 2 is 1.79 bits per heavy atom. The van der Waals surface area contributed by atoms with E-state index in [1.165, 1.54) is 5.57 Å². The van der Waals surface area contributed by atoms with Crippen LogP contribution in [0.3, 0.4) is 0 Å². The van der Waals surface area contributed by atoms with E-state index in [9.17, 15) is 14.7 Å². The van der Waals surface area contributed by atoms with Gasteiger partial charge in [0.05, 0.1) is 6.10 Å². The lowest BCUT2D eigenvalue weighted by molar-refractivity contribution is -0.129. The van der Waals surface area contributed by atoms with Crippen molar-refractivity contribution in [2.45, 2.75) is 85.2 Å². The van der Waals surface area contributed by atoms with Gasteiger partial charge in [-0.3, -0.25) is 9.59 Å². The molecule has 0 aromatic heterocycles. The third kappa shape index (κ3) is 3.66. The van der Waals surface area contributed by atoms with Crippen LogP contribution in [-0.2, 0) is 9.59 Å². The lowest BCUT2D eigenvalue weighted by Crippen LogP contribution is -2.39. The van der Waals surface area contributed by atoms with Crippen LogP contribution in [0.4, 0.5) is 0 Å². The second-order valence-electron chi connectivity index (χ2n) is 7.93. The van der Waals surface area contributed by atoms with Crippen molar-refractivity contribution in [1.82, 2.24) is 0 Å². The van der Waals surface area contributed by atoms with E-state index in [-0.39, 0.29) is 17.1 Å². The molecule has 3 aliphatic rings. The molecule has 0 aliphatic heterocycles. The van der Waals surface area contributed by atoms with Crippen LogP contribution in [0.25, 0.3) is 0 Å². The summed E-state index contributed by atoms with van der Waals surface area (Å²) >= 11 is 0. The summed E-state index contributed by atoms with van der Waals surface area (Å²) in [7, 11) is 0. The van der Waals surface area contributed by atoms with Gasteiger partial charge < -0.3 is 5.11 Å². The number of aliphatic hydroxyl groups excluding tert-OH is 1. The van der Waals surface area contributed by atoms with Crippen molar-refractivity contribution in [1.29, 1.82) is 0 Å². The molecule has 0 aromatic carbocycles. The van der Waals surface area contributed by atoms with Crippen LogP contribution in [0.15, 0.2) is 11.6 Å². The number of rotatable bonds is 0. The van der Waals surface area contributed by atoms with Gasteiger partial charge in [0.25, 0.3) is 0 Å². The number of allylic oxidation sites excluding steroid dienone is 2. The van der Waals surface area contributed by atoms with Gasteiger partial charge >= 0.3 is 0 Å². The summed E-state index contributed by atoms with van der Waals surface area (Å²) in [5.41, 5.74) is 0.912. The molecular weight excluding hydrogens is 300 g/mol. The molecule has 2 fully saturated rings. The normalized spacial score (nSPS) is 40.0. The molecule has 24 heavy (non-hydrogen) atoms. The number of ketones is 2. The van der Waals surface area contributed by atoms with Gasteiger partial charge in [0.1, 0.15) is 5.78 Å². The lowest BCUT2D eigenvalue weighted by atomic mass is 9.66.